The van der Waals surface area contributed by atoms with Gasteiger partial charge in [-0.3, -0.25) is 14.6 Å². The number of carbonyl (C=O) groups excluding carboxylic acids is 2. The second-order valence-electron chi connectivity index (χ2n) is 11.7. The number of ether oxygens (including phenoxy) is 1. The maximum absolute atomic E-state index is 15.3. The van der Waals surface area contributed by atoms with Crippen LogP contribution < -0.4 is 15.4 Å². The number of pyridine rings is 1. The van der Waals surface area contributed by atoms with Crippen LogP contribution in [0.15, 0.2) is 76.0 Å². The quantitative estimate of drug-likeness (QED) is 0.156. The molecule has 274 valence electrons. The normalized spacial score (nSPS) is 13.2. The van der Waals surface area contributed by atoms with Gasteiger partial charge in [-0.2, -0.15) is 18.2 Å². The van der Waals surface area contributed by atoms with Gasteiger partial charge in [-0.05, 0) is 60.5 Å². The molecule has 0 bridgehead atoms. The topological polar surface area (TPSA) is 187 Å². The molecular formula is C34H26F5N7O7. The molecule has 2 aromatic carbocycles. The molecule has 1 saturated carbocycles. The number of fused-ring (bicyclic) bond motifs is 1. The maximum atomic E-state index is 15.3. The molecule has 1 fully saturated rings. The van der Waals surface area contributed by atoms with E-state index >= 15 is 4.39 Å². The maximum Gasteiger partial charge on any atom is 0.417 e. The zero-order chi connectivity index (χ0) is 38.1. The van der Waals surface area contributed by atoms with Gasteiger partial charge in [0.05, 0.1) is 35.5 Å². The monoisotopic (exact) mass is 739 g/mol. The summed E-state index contributed by atoms with van der Waals surface area (Å²) >= 11 is 0. The number of benzene rings is 2. The fraction of sp³-hybridized carbons (Fsp3) is 0.206. The molecule has 6 aromatic rings. The molecule has 0 atom stereocenters. The van der Waals surface area contributed by atoms with Crippen molar-refractivity contribution in [3.05, 3.63) is 107 Å². The minimum absolute atomic E-state index is 0.140. The molecule has 0 unspecified atom stereocenters. The fourth-order valence-corrected chi connectivity index (χ4v) is 5.19. The zero-order valence-electron chi connectivity index (χ0n) is 27.5. The predicted molar refractivity (Wildman–Crippen MR) is 172 cm³/mol. The smallest absolute Gasteiger partial charge is 0.417 e. The first kappa shape index (κ1) is 36.1. The summed E-state index contributed by atoms with van der Waals surface area (Å²) in [5.74, 6) is -3.26. The lowest BCUT2D eigenvalue weighted by atomic mass is 10.1. The summed E-state index contributed by atoms with van der Waals surface area (Å²) in [7, 11) is 1.38. The number of nitrogens with zero attached hydrogens (tertiary/aromatic N) is 5. The van der Waals surface area contributed by atoms with Crippen molar-refractivity contribution in [2.75, 3.05) is 7.11 Å². The van der Waals surface area contributed by atoms with Crippen LogP contribution in [-0.2, 0) is 17.5 Å². The van der Waals surface area contributed by atoms with Gasteiger partial charge in [0.1, 0.15) is 17.2 Å². The van der Waals surface area contributed by atoms with Crippen LogP contribution >= 0.6 is 0 Å². The summed E-state index contributed by atoms with van der Waals surface area (Å²) in [5, 5.41) is 21.1. The first-order valence-corrected chi connectivity index (χ1v) is 15.4. The molecule has 0 spiro atoms. The largest absolute Gasteiger partial charge is 0.479 e. The van der Waals surface area contributed by atoms with Crippen molar-refractivity contribution in [3.8, 4) is 23.1 Å². The van der Waals surface area contributed by atoms with Crippen LogP contribution in [-0.4, -0.2) is 60.4 Å². The number of carboxylic acid groups (broad SMARTS) is 1. The van der Waals surface area contributed by atoms with E-state index in [4.69, 9.17) is 9.63 Å². The lowest BCUT2D eigenvalue weighted by Crippen LogP contribution is -2.48. The van der Waals surface area contributed by atoms with Gasteiger partial charge in [0.25, 0.3) is 11.8 Å². The Labute approximate surface area is 294 Å². The summed E-state index contributed by atoms with van der Waals surface area (Å²) in [4.78, 5) is 43.4. The van der Waals surface area contributed by atoms with Crippen LogP contribution in [0.3, 0.4) is 0 Å². The van der Waals surface area contributed by atoms with Crippen LogP contribution in [0, 0.1) is 18.6 Å². The number of hydrogen-bond donors (Lipinski definition) is 3. The number of aromatic carboxylic acids is 1. The number of methoxy groups -OCH3 is 1. The summed E-state index contributed by atoms with van der Waals surface area (Å²) in [6.07, 6.45) is -2.58. The molecule has 0 saturated heterocycles. The number of halogens is 5. The van der Waals surface area contributed by atoms with E-state index < -0.39 is 46.7 Å². The Kier molecular flexibility index (Phi) is 9.66. The Morgan fingerprint density at radius 2 is 1.77 bits per heavy atom. The fourth-order valence-electron chi connectivity index (χ4n) is 5.19. The molecule has 53 heavy (non-hydrogen) atoms. The van der Waals surface area contributed by atoms with Crippen molar-refractivity contribution in [2.24, 2.45) is 0 Å². The average Bonchev–Trinajstić information content (AvgIpc) is 3.42. The van der Waals surface area contributed by atoms with Gasteiger partial charge in [0.2, 0.25) is 23.4 Å². The molecule has 7 rings (SSSR count). The SMILES string of the molecule is COc1cc(C(=O)O)on1.Cc1nc(-c2cc3cc(F)ccc3n2-c2ccc(CNC(=O)C3(NC(=O)c4cncc(C(F)(F)F)c4)CC3)c(F)c2)no1. The lowest BCUT2D eigenvalue weighted by Gasteiger charge is -2.18. The molecule has 2 amide bonds. The van der Waals surface area contributed by atoms with Crippen molar-refractivity contribution < 1.29 is 55.2 Å². The minimum atomic E-state index is -4.68. The number of alkyl halides is 3. The van der Waals surface area contributed by atoms with Crippen LogP contribution in [0.1, 0.15) is 50.8 Å². The average molecular weight is 740 g/mol. The van der Waals surface area contributed by atoms with E-state index in [-0.39, 0.29) is 48.0 Å². The third kappa shape index (κ3) is 7.82. The van der Waals surface area contributed by atoms with E-state index in [1.54, 1.807) is 29.7 Å². The van der Waals surface area contributed by atoms with Crippen molar-refractivity contribution in [2.45, 2.75) is 38.0 Å². The minimum Gasteiger partial charge on any atom is -0.479 e. The Bertz CT molecular complexity index is 2350. The first-order valence-electron chi connectivity index (χ1n) is 15.4. The number of hydrogen-bond acceptors (Lipinski definition) is 10. The summed E-state index contributed by atoms with van der Waals surface area (Å²) in [6.45, 7) is 1.40. The molecule has 14 nitrogen and oxygen atoms in total. The number of rotatable bonds is 9. The summed E-state index contributed by atoms with van der Waals surface area (Å²) in [5.41, 5.74) is -1.22. The van der Waals surface area contributed by atoms with E-state index in [1.807, 2.05) is 0 Å². The highest BCUT2D eigenvalue weighted by Gasteiger charge is 2.51. The third-order valence-corrected chi connectivity index (χ3v) is 8.03. The van der Waals surface area contributed by atoms with Gasteiger partial charge in [-0.25, -0.2) is 13.6 Å². The van der Waals surface area contributed by atoms with E-state index in [9.17, 15) is 31.9 Å². The molecule has 0 radical (unpaired) electrons. The zero-order valence-corrected chi connectivity index (χ0v) is 27.5. The highest BCUT2D eigenvalue weighted by Crippen LogP contribution is 2.37. The van der Waals surface area contributed by atoms with Gasteiger partial charge in [0, 0.05) is 42.5 Å². The number of aromatic nitrogens is 5. The highest BCUT2D eigenvalue weighted by molar-refractivity contribution is 6.00. The molecule has 3 N–H and O–H groups in total. The molecular weight excluding hydrogens is 713 g/mol. The van der Waals surface area contributed by atoms with E-state index in [2.05, 4.69) is 40.2 Å². The lowest BCUT2D eigenvalue weighted by molar-refractivity contribution is -0.137. The Balaban J connectivity index is 0.000000417. The van der Waals surface area contributed by atoms with Crippen LogP contribution in [0.5, 0.6) is 5.88 Å². The van der Waals surface area contributed by atoms with Crippen molar-refractivity contribution in [3.63, 3.8) is 0 Å². The van der Waals surface area contributed by atoms with E-state index in [1.165, 1.54) is 37.4 Å². The summed E-state index contributed by atoms with van der Waals surface area (Å²) in [6, 6.07) is 12.0. The molecule has 4 aromatic heterocycles. The van der Waals surface area contributed by atoms with Gasteiger partial charge >= 0.3 is 12.1 Å². The standard InChI is InChI=1S/C29H21F5N6O3.C5H5NO4/c1-15-37-25(39-43-15)24-10-17-9-20(30)3-5-23(17)40(24)21-4-2-16(22(31)11-21)13-36-27(42)28(6-7-28)38-26(41)18-8-19(14-35-12-18)29(32,33)34;1-9-4-2-3(5(7)8)10-6-4/h2-5,8-12,14H,6-7,13H2,1H3,(H,36,42)(H,38,41);2H,1H3,(H,7,8). The van der Waals surface area contributed by atoms with Crippen LogP contribution in [0.2, 0.25) is 0 Å². The van der Waals surface area contributed by atoms with Gasteiger partial charge in [-0.1, -0.05) is 11.2 Å². The van der Waals surface area contributed by atoms with Gasteiger partial charge in [0.15, 0.2) is 0 Å². The van der Waals surface area contributed by atoms with Gasteiger partial charge in [-0.15, -0.1) is 0 Å². The summed E-state index contributed by atoms with van der Waals surface area (Å²) < 4.78 is 83.9. The number of carboxylic acids is 1. The van der Waals surface area contributed by atoms with Crippen molar-refractivity contribution in [1.29, 1.82) is 0 Å². The predicted octanol–water partition coefficient (Wildman–Crippen LogP) is 5.64. The Morgan fingerprint density at radius 3 is 2.38 bits per heavy atom. The van der Waals surface area contributed by atoms with E-state index in [0.717, 1.165) is 6.20 Å². The molecule has 19 heteroatoms. The number of carbonyl (C=O) groups is 3. The van der Waals surface area contributed by atoms with Crippen molar-refractivity contribution >= 4 is 28.7 Å². The van der Waals surface area contributed by atoms with Crippen LogP contribution in [0.4, 0.5) is 22.0 Å². The van der Waals surface area contributed by atoms with Gasteiger partial charge < -0.3 is 34.1 Å². The van der Waals surface area contributed by atoms with Crippen LogP contribution in [0.25, 0.3) is 28.1 Å². The molecule has 0 aliphatic heterocycles. The highest BCUT2D eigenvalue weighted by atomic mass is 19.4. The number of aryl methyl sites for hydroxylation is 1. The number of nitrogens with one attached hydrogen (secondary N) is 2. The number of amides is 2. The molecule has 1 aliphatic carbocycles. The molecule has 1 aliphatic rings. The first-order chi connectivity index (χ1) is 25.2. The second kappa shape index (κ2) is 14.2. The second-order valence-corrected chi connectivity index (χ2v) is 11.7. The third-order valence-electron chi connectivity index (χ3n) is 8.03. The molecule has 4 heterocycles. The Hall–Kier alpha value is -6.66. The Morgan fingerprint density at radius 1 is 1.00 bits per heavy atom. The van der Waals surface area contributed by atoms with Crippen molar-refractivity contribution in [1.82, 2.24) is 35.5 Å². The van der Waals surface area contributed by atoms with E-state index in [0.29, 0.717) is 40.4 Å².